The van der Waals surface area contributed by atoms with E-state index in [0.717, 1.165) is 17.1 Å². The van der Waals surface area contributed by atoms with Crippen LogP contribution in [0.25, 0.3) is 0 Å². The Kier molecular flexibility index (Phi) is 5.12. The molecule has 0 aliphatic rings. The quantitative estimate of drug-likeness (QED) is 0.354. The molecule has 0 saturated heterocycles. The van der Waals surface area contributed by atoms with Gasteiger partial charge in [0.2, 0.25) is 5.78 Å². The molecule has 2 heterocycles. The van der Waals surface area contributed by atoms with Gasteiger partial charge in [0.25, 0.3) is 0 Å². The lowest BCUT2D eigenvalue weighted by Gasteiger charge is -2.09. The number of carbonyl (C=O) groups is 1. The lowest BCUT2D eigenvalue weighted by molar-refractivity contribution is -0.386. The Labute approximate surface area is 156 Å². The molecule has 3 aromatic rings. The number of para-hydroxylation sites is 1. The Balaban J connectivity index is 1.78. The second kappa shape index (κ2) is 7.49. The minimum Gasteiger partial charge on any atom is -0.478 e. The van der Waals surface area contributed by atoms with Gasteiger partial charge in [0.05, 0.1) is 17.7 Å². The van der Waals surface area contributed by atoms with Crippen molar-refractivity contribution in [3.05, 3.63) is 81.1 Å². The number of aryl methyl sites for hydroxylation is 2. The second-order valence-corrected chi connectivity index (χ2v) is 6.34. The molecule has 3 rings (SSSR count). The van der Waals surface area contributed by atoms with Gasteiger partial charge in [0.15, 0.2) is 12.4 Å². The molecule has 0 fully saturated rings. The number of nitro benzene ring substituents is 1. The number of hydrogen-bond donors (Lipinski definition) is 0. The third kappa shape index (κ3) is 3.76. The van der Waals surface area contributed by atoms with Crippen LogP contribution in [0.1, 0.15) is 33.1 Å². The summed E-state index contributed by atoms with van der Waals surface area (Å²) in [5.41, 5.74) is 2.63. The van der Waals surface area contributed by atoms with Crippen LogP contribution >= 0.6 is 0 Å². The van der Waals surface area contributed by atoms with Gasteiger partial charge in [-0.1, -0.05) is 12.1 Å². The predicted octanol–water partition coefficient (Wildman–Crippen LogP) is 4.22. The highest BCUT2D eigenvalue weighted by atomic mass is 16.6. The lowest BCUT2D eigenvalue weighted by atomic mass is 10.1. The summed E-state index contributed by atoms with van der Waals surface area (Å²) in [6.45, 7) is 5.67. The van der Waals surface area contributed by atoms with Gasteiger partial charge in [-0.2, -0.15) is 0 Å². The van der Waals surface area contributed by atoms with Gasteiger partial charge in [-0.3, -0.25) is 14.9 Å². The van der Waals surface area contributed by atoms with Gasteiger partial charge in [-0.25, -0.2) is 0 Å². The van der Waals surface area contributed by atoms with Crippen LogP contribution in [0.15, 0.2) is 47.1 Å². The van der Waals surface area contributed by atoms with Crippen molar-refractivity contribution < 1.29 is 18.9 Å². The first kappa shape index (κ1) is 18.4. The van der Waals surface area contributed by atoms with Crippen molar-refractivity contribution in [2.45, 2.75) is 27.3 Å². The largest absolute Gasteiger partial charge is 0.478 e. The molecule has 7 heteroatoms. The molecule has 140 valence electrons. The zero-order valence-electron chi connectivity index (χ0n) is 15.4. The number of ketones is 1. The van der Waals surface area contributed by atoms with E-state index in [1.807, 2.05) is 30.5 Å². The Hall–Kier alpha value is -3.35. The molecule has 0 bridgehead atoms. The van der Waals surface area contributed by atoms with E-state index in [4.69, 9.17) is 9.15 Å². The summed E-state index contributed by atoms with van der Waals surface area (Å²) in [6, 6.07) is 10.3. The van der Waals surface area contributed by atoms with Gasteiger partial charge < -0.3 is 13.7 Å². The normalized spacial score (nSPS) is 10.8. The van der Waals surface area contributed by atoms with Crippen LogP contribution in [0.2, 0.25) is 0 Å². The number of rotatable bonds is 7. The number of benzene rings is 1. The van der Waals surface area contributed by atoms with Crippen LogP contribution in [0.4, 0.5) is 5.69 Å². The van der Waals surface area contributed by atoms with Crippen molar-refractivity contribution in [3.8, 4) is 5.75 Å². The van der Waals surface area contributed by atoms with Crippen LogP contribution in [0.5, 0.6) is 5.75 Å². The van der Waals surface area contributed by atoms with E-state index in [1.165, 1.54) is 6.07 Å². The summed E-state index contributed by atoms with van der Waals surface area (Å²) in [5.74, 6) is 0.657. The number of carbonyl (C=O) groups excluding carboxylic acids is 1. The Bertz CT molecular complexity index is 986. The number of nitro groups is 1. The van der Waals surface area contributed by atoms with Crippen LogP contribution in [0, 0.1) is 30.9 Å². The monoisotopic (exact) mass is 368 g/mol. The Morgan fingerprint density at radius 2 is 2.00 bits per heavy atom. The summed E-state index contributed by atoms with van der Waals surface area (Å²) < 4.78 is 12.8. The molecule has 27 heavy (non-hydrogen) atoms. The van der Waals surface area contributed by atoms with Crippen molar-refractivity contribution in [1.82, 2.24) is 4.57 Å². The molecule has 0 unspecified atom stereocenters. The molecule has 0 N–H and O–H groups in total. The van der Waals surface area contributed by atoms with Crippen molar-refractivity contribution in [2.24, 2.45) is 0 Å². The van der Waals surface area contributed by atoms with Gasteiger partial charge in [-0.15, -0.1) is 0 Å². The fourth-order valence-corrected chi connectivity index (χ4v) is 3.09. The number of Topliss-reactive ketones (excluding diaryl/α,β-unsaturated/α-hetero) is 1. The summed E-state index contributed by atoms with van der Waals surface area (Å²) in [5, 5.41) is 11.2. The summed E-state index contributed by atoms with van der Waals surface area (Å²) >= 11 is 0. The number of aromatic nitrogens is 1. The fraction of sp³-hybridized carbons (Fsp3) is 0.250. The first-order chi connectivity index (χ1) is 12.9. The molecule has 0 atom stereocenters. The summed E-state index contributed by atoms with van der Waals surface area (Å²) in [4.78, 5) is 23.4. The van der Waals surface area contributed by atoms with Crippen LogP contribution < -0.4 is 4.74 Å². The van der Waals surface area contributed by atoms with Gasteiger partial charge in [0.1, 0.15) is 5.76 Å². The molecule has 0 radical (unpaired) electrons. The number of ether oxygens (including phenoxy) is 1. The standard InChI is InChI=1S/C20H20N2O5/c1-13-6-4-8-19(20(13)22(24)25)27-12-18(23)17-10-14(2)21(15(17)3)11-16-7-5-9-26-16/h4-10H,11-12H2,1-3H3. The third-order valence-electron chi connectivity index (χ3n) is 4.51. The minimum atomic E-state index is -0.496. The molecule has 2 aromatic heterocycles. The molecule has 0 saturated carbocycles. The third-order valence-corrected chi connectivity index (χ3v) is 4.51. The van der Waals surface area contributed by atoms with Crippen LogP contribution in [-0.4, -0.2) is 21.9 Å². The molecule has 7 nitrogen and oxygen atoms in total. The van der Waals surface area contributed by atoms with Gasteiger partial charge in [0, 0.05) is 22.5 Å². The summed E-state index contributed by atoms with van der Waals surface area (Å²) in [6.07, 6.45) is 1.61. The SMILES string of the molecule is Cc1cccc(OCC(=O)c2cc(C)n(Cc3ccco3)c2C)c1[N+](=O)[O-]. The predicted molar refractivity (Wildman–Crippen MR) is 99.4 cm³/mol. The zero-order chi connectivity index (χ0) is 19.6. The van der Waals surface area contributed by atoms with Crippen molar-refractivity contribution >= 4 is 11.5 Å². The number of nitrogens with zero attached hydrogens (tertiary/aromatic N) is 2. The maximum Gasteiger partial charge on any atom is 0.313 e. The molecular formula is C20H20N2O5. The van der Waals surface area contributed by atoms with E-state index in [-0.39, 0.29) is 23.8 Å². The highest BCUT2D eigenvalue weighted by molar-refractivity contribution is 5.98. The topological polar surface area (TPSA) is 87.5 Å². The smallest absolute Gasteiger partial charge is 0.313 e. The van der Waals surface area contributed by atoms with E-state index in [0.29, 0.717) is 17.7 Å². The zero-order valence-corrected chi connectivity index (χ0v) is 15.4. The molecule has 0 aliphatic carbocycles. The minimum absolute atomic E-state index is 0.0951. The van der Waals surface area contributed by atoms with Gasteiger partial charge in [-0.05, 0) is 45.0 Å². The first-order valence-corrected chi connectivity index (χ1v) is 8.47. The van der Waals surface area contributed by atoms with Crippen molar-refractivity contribution in [1.29, 1.82) is 0 Å². The van der Waals surface area contributed by atoms with Crippen LogP contribution in [0.3, 0.4) is 0 Å². The maximum absolute atomic E-state index is 12.6. The molecule has 1 aromatic carbocycles. The van der Waals surface area contributed by atoms with Gasteiger partial charge >= 0.3 is 5.69 Å². The molecule has 0 aliphatic heterocycles. The van der Waals surface area contributed by atoms with E-state index in [2.05, 4.69) is 0 Å². The Morgan fingerprint density at radius 1 is 1.22 bits per heavy atom. The van der Waals surface area contributed by atoms with E-state index in [9.17, 15) is 14.9 Å². The summed E-state index contributed by atoms with van der Waals surface area (Å²) in [7, 11) is 0. The second-order valence-electron chi connectivity index (χ2n) is 6.34. The lowest BCUT2D eigenvalue weighted by Crippen LogP contribution is -2.14. The van der Waals surface area contributed by atoms with Crippen molar-refractivity contribution in [2.75, 3.05) is 6.61 Å². The highest BCUT2D eigenvalue weighted by Crippen LogP contribution is 2.30. The fourth-order valence-electron chi connectivity index (χ4n) is 3.09. The van der Waals surface area contributed by atoms with E-state index >= 15 is 0 Å². The number of hydrogen-bond acceptors (Lipinski definition) is 5. The van der Waals surface area contributed by atoms with Crippen molar-refractivity contribution in [3.63, 3.8) is 0 Å². The molecular weight excluding hydrogens is 348 g/mol. The molecule has 0 spiro atoms. The highest BCUT2D eigenvalue weighted by Gasteiger charge is 2.21. The average Bonchev–Trinajstić information content (AvgIpc) is 3.23. The first-order valence-electron chi connectivity index (χ1n) is 8.47. The number of furan rings is 1. The molecule has 0 amide bonds. The Morgan fingerprint density at radius 3 is 2.67 bits per heavy atom. The average molecular weight is 368 g/mol. The van der Waals surface area contributed by atoms with E-state index < -0.39 is 4.92 Å². The van der Waals surface area contributed by atoms with E-state index in [1.54, 1.807) is 31.4 Å². The maximum atomic E-state index is 12.6. The van der Waals surface area contributed by atoms with Crippen LogP contribution in [-0.2, 0) is 6.54 Å².